The Bertz CT molecular complexity index is 194. The maximum Gasteiger partial charge on any atom is -0.0357 e. The Morgan fingerprint density at radius 2 is 1.56 bits per heavy atom. The highest BCUT2D eigenvalue weighted by molar-refractivity contribution is 4.86. The first kappa shape index (κ1) is 18.0. The summed E-state index contributed by atoms with van der Waals surface area (Å²) in [6, 6.07) is 0. The molecule has 0 amide bonds. The molecule has 0 nitrogen and oxygen atoms in total. The molecule has 0 aromatic heterocycles. The zero-order valence-corrected chi connectivity index (χ0v) is 14.3. The number of hydrogen-bond acceptors (Lipinski definition) is 0. The lowest BCUT2D eigenvalue weighted by Crippen LogP contribution is -2.36. The first-order valence-electron chi connectivity index (χ1n) is 8.51. The second-order valence-corrected chi connectivity index (χ2v) is 6.57. The minimum atomic E-state index is 0.874. The van der Waals surface area contributed by atoms with Gasteiger partial charge in [0, 0.05) is 0 Å². The molecule has 0 bridgehead atoms. The van der Waals surface area contributed by atoms with E-state index < -0.39 is 0 Å². The van der Waals surface area contributed by atoms with Gasteiger partial charge in [-0.1, -0.05) is 68.2 Å². The van der Waals surface area contributed by atoms with E-state index in [2.05, 4.69) is 41.5 Å². The molecule has 18 heavy (non-hydrogen) atoms. The van der Waals surface area contributed by atoms with Crippen molar-refractivity contribution in [1.82, 2.24) is 0 Å². The summed E-state index contributed by atoms with van der Waals surface area (Å²) < 4.78 is 0. The van der Waals surface area contributed by atoms with Gasteiger partial charge in [0.1, 0.15) is 0 Å². The van der Waals surface area contributed by atoms with Crippen molar-refractivity contribution in [3.8, 4) is 0 Å². The molecule has 0 aromatic carbocycles. The van der Waals surface area contributed by atoms with Gasteiger partial charge < -0.3 is 0 Å². The summed E-state index contributed by atoms with van der Waals surface area (Å²) in [5.41, 5.74) is 0. The minimum absolute atomic E-state index is 0.874. The summed E-state index contributed by atoms with van der Waals surface area (Å²) in [6.07, 6.45) is 5.72. The summed E-state index contributed by atoms with van der Waals surface area (Å²) in [5.74, 6) is 5.72. The second kappa shape index (κ2) is 8.99. The van der Waals surface area contributed by atoms with Gasteiger partial charge in [0.15, 0.2) is 0 Å². The Morgan fingerprint density at radius 1 is 1.00 bits per heavy atom. The van der Waals surface area contributed by atoms with Gasteiger partial charge in [-0.2, -0.15) is 0 Å². The molecule has 1 aliphatic carbocycles. The van der Waals surface area contributed by atoms with Crippen molar-refractivity contribution < 1.29 is 0 Å². The van der Waals surface area contributed by atoms with Crippen molar-refractivity contribution in [2.45, 2.75) is 81.1 Å². The van der Waals surface area contributed by atoms with E-state index in [1.54, 1.807) is 0 Å². The SMILES string of the molecule is CC.CCC(C)C1CC(C)C(CC)C(C(C)C)C1. The van der Waals surface area contributed by atoms with Crippen LogP contribution in [0.3, 0.4) is 0 Å². The van der Waals surface area contributed by atoms with Gasteiger partial charge in [-0.25, -0.2) is 0 Å². The Labute approximate surface area is 117 Å². The summed E-state index contributed by atoms with van der Waals surface area (Å²) in [7, 11) is 0. The molecule has 0 heteroatoms. The molecule has 5 unspecified atom stereocenters. The van der Waals surface area contributed by atoms with E-state index in [0.29, 0.717) is 0 Å². The molecule has 0 radical (unpaired) electrons. The highest BCUT2D eigenvalue weighted by Gasteiger charge is 2.37. The van der Waals surface area contributed by atoms with Crippen LogP contribution in [0.25, 0.3) is 0 Å². The third-order valence-corrected chi connectivity index (χ3v) is 5.31. The average Bonchev–Trinajstić information content (AvgIpc) is 2.38. The van der Waals surface area contributed by atoms with Crippen molar-refractivity contribution in [3.05, 3.63) is 0 Å². The van der Waals surface area contributed by atoms with Gasteiger partial charge >= 0.3 is 0 Å². The van der Waals surface area contributed by atoms with E-state index in [1.807, 2.05) is 13.8 Å². The normalized spacial score (nSPS) is 33.8. The summed E-state index contributed by atoms with van der Waals surface area (Å²) in [4.78, 5) is 0. The van der Waals surface area contributed by atoms with Crippen molar-refractivity contribution in [2.75, 3.05) is 0 Å². The summed E-state index contributed by atoms with van der Waals surface area (Å²) in [6.45, 7) is 18.6. The van der Waals surface area contributed by atoms with Crippen LogP contribution in [0.5, 0.6) is 0 Å². The fourth-order valence-electron chi connectivity index (χ4n) is 3.96. The maximum absolute atomic E-state index is 2.50. The van der Waals surface area contributed by atoms with Gasteiger partial charge in [-0.3, -0.25) is 0 Å². The minimum Gasteiger partial charge on any atom is -0.0683 e. The van der Waals surface area contributed by atoms with E-state index in [9.17, 15) is 0 Å². The van der Waals surface area contributed by atoms with Crippen LogP contribution in [0.2, 0.25) is 0 Å². The maximum atomic E-state index is 2.50. The predicted molar refractivity (Wildman–Crippen MR) is 84.8 cm³/mol. The van der Waals surface area contributed by atoms with Crippen LogP contribution in [0.1, 0.15) is 81.1 Å². The lowest BCUT2D eigenvalue weighted by molar-refractivity contribution is 0.0561. The molecule has 1 saturated carbocycles. The third kappa shape index (κ3) is 4.59. The zero-order chi connectivity index (χ0) is 14.3. The monoisotopic (exact) mass is 254 g/mol. The van der Waals surface area contributed by atoms with Crippen LogP contribution in [-0.4, -0.2) is 0 Å². The molecule has 0 N–H and O–H groups in total. The highest BCUT2D eigenvalue weighted by atomic mass is 14.4. The molecule has 0 aliphatic heterocycles. The number of rotatable bonds is 4. The fraction of sp³-hybridized carbons (Fsp3) is 1.00. The molecule has 1 rings (SSSR count). The van der Waals surface area contributed by atoms with Gasteiger partial charge in [-0.15, -0.1) is 0 Å². The fourth-order valence-corrected chi connectivity index (χ4v) is 3.96. The second-order valence-electron chi connectivity index (χ2n) is 6.57. The molecule has 1 fully saturated rings. The first-order valence-corrected chi connectivity index (χ1v) is 8.51. The van der Waals surface area contributed by atoms with E-state index in [0.717, 1.165) is 35.5 Å². The molecular formula is C18H38. The van der Waals surface area contributed by atoms with E-state index >= 15 is 0 Å². The van der Waals surface area contributed by atoms with Crippen LogP contribution in [0.4, 0.5) is 0 Å². The average molecular weight is 255 g/mol. The van der Waals surface area contributed by atoms with E-state index in [-0.39, 0.29) is 0 Å². The van der Waals surface area contributed by atoms with Crippen LogP contribution < -0.4 is 0 Å². The van der Waals surface area contributed by atoms with Crippen LogP contribution in [-0.2, 0) is 0 Å². The summed E-state index contributed by atoms with van der Waals surface area (Å²) >= 11 is 0. The zero-order valence-electron chi connectivity index (χ0n) is 14.3. The molecule has 0 heterocycles. The molecule has 0 saturated heterocycles. The van der Waals surface area contributed by atoms with E-state index in [4.69, 9.17) is 0 Å². The number of hydrogen-bond donors (Lipinski definition) is 0. The molecule has 0 spiro atoms. The Morgan fingerprint density at radius 3 is 1.94 bits per heavy atom. The summed E-state index contributed by atoms with van der Waals surface area (Å²) in [5, 5.41) is 0. The van der Waals surface area contributed by atoms with Crippen LogP contribution in [0.15, 0.2) is 0 Å². The van der Waals surface area contributed by atoms with Crippen molar-refractivity contribution >= 4 is 0 Å². The third-order valence-electron chi connectivity index (χ3n) is 5.31. The van der Waals surface area contributed by atoms with E-state index in [1.165, 1.54) is 25.7 Å². The molecule has 0 aromatic rings. The topological polar surface area (TPSA) is 0 Å². The van der Waals surface area contributed by atoms with Crippen LogP contribution in [0, 0.1) is 35.5 Å². The van der Waals surface area contributed by atoms with Gasteiger partial charge in [0.2, 0.25) is 0 Å². The van der Waals surface area contributed by atoms with Crippen molar-refractivity contribution in [1.29, 1.82) is 0 Å². The molecule has 1 aliphatic rings. The van der Waals surface area contributed by atoms with Gasteiger partial charge in [0.25, 0.3) is 0 Å². The standard InChI is InChI=1S/C16H32.C2H6/c1-7-12(5)14-9-13(6)15(8-2)16(10-14)11(3)4;1-2/h11-16H,7-10H2,1-6H3;1-2H3. The van der Waals surface area contributed by atoms with Crippen LogP contribution >= 0.6 is 0 Å². The Kier molecular flexibility index (Phi) is 8.99. The Balaban J connectivity index is 0.00000137. The largest absolute Gasteiger partial charge is 0.0683 e. The van der Waals surface area contributed by atoms with Crippen molar-refractivity contribution in [3.63, 3.8) is 0 Å². The van der Waals surface area contributed by atoms with Gasteiger partial charge in [-0.05, 0) is 48.3 Å². The lowest BCUT2D eigenvalue weighted by Gasteiger charge is -2.44. The highest BCUT2D eigenvalue weighted by Crippen LogP contribution is 2.45. The van der Waals surface area contributed by atoms with Gasteiger partial charge in [0.05, 0.1) is 0 Å². The molecule has 110 valence electrons. The molecule has 5 atom stereocenters. The molecular weight excluding hydrogens is 216 g/mol. The predicted octanol–water partition coefficient (Wildman–Crippen LogP) is 6.40. The van der Waals surface area contributed by atoms with Crippen molar-refractivity contribution in [2.24, 2.45) is 35.5 Å². The first-order chi connectivity index (χ1) is 8.51. The quantitative estimate of drug-likeness (QED) is 0.544. The lowest BCUT2D eigenvalue weighted by atomic mass is 9.61. The Hall–Kier alpha value is 0. The smallest absolute Gasteiger partial charge is 0.0357 e.